The van der Waals surface area contributed by atoms with E-state index in [0.29, 0.717) is 10.2 Å². The van der Waals surface area contributed by atoms with Crippen LogP contribution >= 0.6 is 15.9 Å². The van der Waals surface area contributed by atoms with Crippen LogP contribution in [-0.2, 0) is 9.47 Å². The van der Waals surface area contributed by atoms with E-state index in [4.69, 9.17) is 4.74 Å². The van der Waals surface area contributed by atoms with Crippen LogP contribution in [0.2, 0.25) is 0 Å². The minimum absolute atomic E-state index is 0.0662. The van der Waals surface area contributed by atoms with Gasteiger partial charge in [-0.15, -0.1) is 0 Å². The molecule has 1 aliphatic heterocycles. The van der Waals surface area contributed by atoms with Gasteiger partial charge in [-0.05, 0) is 35.2 Å². The molecule has 5 nitrogen and oxygen atoms in total. The van der Waals surface area contributed by atoms with Gasteiger partial charge in [0.1, 0.15) is 16.4 Å². The van der Waals surface area contributed by atoms with Crippen LogP contribution in [0.25, 0.3) is 0 Å². The Balaban J connectivity index is 2.19. The lowest BCUT2D eigenvalue weighted by Gasteiger charge is -2.22. The summed E-state index contributed by atoms with van der Waals surface area (Å²) in [7, 11) is 1.35. The number of hydrogen-bond donors (Lipinski definition) is 0. The molecule has 2 heterocycles. The van der Waals surface area contributed by atoms with Crippen molar-refractivity contribution in [2.45, 2.75) is 25.5 Å². The van der Waals surface area contributed by atoms with Gasteiger partial charge in [0, 0.05) is 12.8 Å². The van der Waals surface area contributed by atoms with Crippen LogP contribution in [0, 0.1) is 0 Å². The summed E-state index contributed by atoms with van der Waals surface area (Å²) >= 11 is 3.24. The number of ether oxygens (including phenoxy) is 2. The van der Waals surface area contributed by atoms with E-state index in [1.807, 2.05) is 0 Å². The molecule has 1 aliphatic rings. The van der Waals surface area contributed by atoms with Gasteiger partial charge in [0.15, 0.2) is 0 Å². The Bertz CT molecular complexity index is 385. The fourth-order valence-corrected chi connectivity index (χ4v) is 2.14. The molecule has 2 rings (SSSR count). The van der Waals surface area contributed by atoms with Gasteiger partial charge in [0.05, 0.1) is 7.11 Å². The molecule has 1 atom stereocenters. The van der Waals surface area contributed by atoms with Crippen LogP contribution in [0.1, 0.15) is 35.8 Å². The number of carbonyl (C=O) groups is 1. The molecule has 0 aromatic carbocycles. The summed E-state index contributed by atoms with van der Waals surface area (Å²) in [5, 5.41) is 4.21. The lowest BCUT2D eigenvalue weighted by atomic mass is 10.2. The third-order valence-corrected chi connectivity index (χ3v) is 3.13. The first kappa shape index (κ1) is 11.6. The van der Waals surface area contributed by atoms with E-state index < -0.39 is 5.97 Å². The molecule has 0 spiro atoms. The van der Waals surface area contributed by atoms with Crippen molar-refractivity contribution in [1.29, 1.82) is 0 Å². The quantitative estimate of drug-likeness (QED) is 0.783. The number of methoxy groups -OCH3 is 1. The first-order chi connectivity index (χ1) is 7.72. The Hall–Kier alpha value is -0.880. The van der Waals surface area contributed by atoms with Gasteiger partial charge < -0.3 is 9.47 Å². The van der Waals surface area contributed by atoms with Crippen LogP contribution in [0.3, 0.4) is 0 Å². The van der Waals surface area contributed by atoms with Crippen LogP contribution in [0.15, 0.2) is 10.8 Å². The summed E-state index contributed by atoms with van der Waals surface area (Å²) < 4.78 is 12.4. The highest BCUT2D eigenvalue weighted by atomic mass is 79.9. The zero-order valence-electron chi connectivity index (χ0n) is 8.98. The van der Waals surface area contributed by atoms with Gasteiger partial charge in [-0.3, -0.25) is 0 Å². The van der Waals surface area contributed by atoms with Gasteiger partial charge >= 0.3 is 5.97 Å². The second-order valence-corrected chi connectivity index (χ2v) is 4.38. The number of hydrogen-bond acceptors (Lipinski definition) is 4. The van der Waals surface area contributed by atoms with Crippen molar-refractivity contribution in [2.75, 3.05) is 13.7 Å². The lowest BCUT2D eigenvalue weighted by Crippen LogP contribution is -2.18. The van der Waals surface area contributed by atoms with Crippen molar-refractivity contribution in [1.82, 2.24) is 9.78 Å². The minimum Gasteiger partial charge on any atom is -0.465 e. The van der Waals surface area contributed by atoms with Crippen molar-refractivity contribution in [3.05, 3.63) is 16.4 Å². The topological polar surface area (TPSA) is 53.4 Å². The number of esters is 1. The lowest BCUT2D eigenvalue weighted by molar-refractivity contribution is -0.0396. The van der Waals surface area contributed by atoms with E-state index >= 15 is 0 Å². The summed E-state index contributed by atoms with van der Waals surface area (Å²) in [6, 6.07) is 0. The largest absolute Gasteiger partial charge is 0.465 e. The molecule has 1 aromatic heterocycles. The average Bonchev–Trinajstić information content (AvgIpc) is 2.71. The Labute approximate surface area is 102 Å². The highest BCUT2D eigenvalue weighted by Gasteiger charge is 2.21. The SMILES string of the molecule is COC(=O)c1cn(C2CCCCO2)nc1Br. The van der Waals surface area contributed by atoms with E-state index in [1.165, 1.54) is 7.11 Å². The molecule has 0 radical (unpaired) electrons. The molecular weight excluding hydrogens is 276 g/mol. The van der Waals surface area contributed by atoms with E-state index in [0.717, 1.165) is 25.9 Å². The smallest absolute Gasteiger partial charge is 0.342 e. The Morgan fingerprint density at radius 2 is 2.50 bits per heavy atom. The van der Waals surface area contributed by atoms with E-state index in [2.05, 4.69) is 25.8 Å². The van der Waals surface area contributed by atoms with Crippen LogP contribution in [-0.4, -0.2) is 29.5 Å². The minimum atomic E-state index is -0.395. The number of halogens is 1. The van der Waals surface area contributed by atoms with Crippen LogP contribution in [0.5, 0.6) is 0 Å². The summed E-state index contributed by atoms with van der Waals surface area (Å²) in [4.78, 5) is 11.4. The van der Waals surface area contributed by atoms with Crippen molar-refractivity contribution in [3.8, 4) is 0 Å². The molecule has 0 saturated carbocycles. The highest BCUT2D eigenvalue weighted by Crippen LogP contribution is 2.24. The molecule has 1 aromatic rings. The van der Waals surface area contributed by atoms with Crippen molar-refractivity contribution in [2.24, 2.45) is 0 Å². The second kappa shape index (κ2) is 4.97. The summed E-state index contributed by atoms with van der Waals surface area (Å²) in [6.07, 6.45) is 4.72. The monoisotopic (exact) mass is 288 g/mol. The van der Waals surface area contributed by atoms with Crippen LogP contribution in [0.4, 0.5) is 0 Å². The molecule has 6 heteroatoms. The molecule has 0 amide bonds. The number of aromatic nitrogens is 2. The Morgan fingerprint density at radius 1 is 1.69 bits per heavy atom. The first-order valence-electron chi connectivity index (χ1n) is 5.17. The third kappa shape index (κ3) is 2.27. The number of rotatable bonds is 2. The van der Waals surface area contributed by atoms with Gasteiger partial charge in [-0.1, -0.05) is 0 Å². The average molecular weight is 289 g/mol. The normalized spacial score (nSPS) is 20.8. The van der Waals surface area contributed by atoms with Gasteiger partial charge in [0.2, 0.25) is 0 Å². The van der Waals surface area contributed by atoms with Crippen molar-refractivity contribution >= 4 is 21.9 Å². The maximum Gasteiger partial charge on any atom is 0.342 e. The molecule has 0 N–H and O–H groups in total. The summed E-state index contributed by atoms with van der Waals surface area (Å²) in [5.74, 6) is -0.395. The molecule has 16 heavy (non-hydrogen) atoms. The molecule has 1 fully saturated rings. The standard InChI is InChI=1S/C10H13BrN2O3/c1-15-10(14)7-6-13(12-9(7)11)8-4-2-3-5-16-8/h6,8H,2-5H2,1H3. The Kier molecular flexibility index (Phi) is 3.60. The van der Waals surface area contributed by atoms with Crippen molar-refractivity contribution < 1.29 is 14.3 Å². The first-order valence-corrected chi connectivity index (χ1v) is 5.96. The molecule has 88 valence electrons. The van der Waals surface area contributed by atoms with E-state index in [1.54, 1.807) is 10.9 Å². The maximum absolute atomic E-state index is 11.4. The molecular formula is C10H13BrN2O3. The second-order valence-electron chi connectivity index (χ2n) is 3.63. The third-order valence-electron chi connectivity index (χ3n) is 2.54. The predicted molar refractivity (Wildman–Crippen MR) is 60.1 cm³/mol. The van der Waals surface area contributed by atoms with E-state index in [9.17, 15) is 4.79 Å². The zero-order chi connectivity index (χ0) is 11.5. The fourth-order valence-electron chi connectivity index (χ4n) is 1.70. The van der Waals surface area contributed by atoms with Gasteiger partial charge in [-0.2, -0.15) is 5.10 Å². The predicted octanol–water partition coefficient (Wildman–Crippen LogP) is 2.13. The van der Waals surface area contributed by atoms with E-state index in [-0.39, 0.29) is 6.23 Å². The highest BCUT2D eigenvalue weighted by molar-refractivity contribution is 9.10. The number of nitrogens with zero attached hydrogens (tertiary/aromatic N) is 2. The van der Waals surface area contributed by atoms with Gasteiger partial charge in [0.25, 0.3) is 0 Å². The van der Waals surface area contributed by atoms with Gasteiger partial charge in [-0.25, -0.2) is 9.48 Å². The number of carbonyl (C=O) groups excluding carboxylic acids is 1. The molecule has 1 unspecified atom stereocenters. The fraction of sp³-hybridized carbons (Fsp3) is 0.600. The summed E-state index contributed by atoms with van der Waals surface area (Å²) in [5.41, 5.74) is 0.427. The van der Waals surface area contributed by atoms with Crippen molar-refractivity contribution in [3.63, 3.8) is 0 Å². The maximum atomic E-state index is 11.4. The molecule has 1 saturated heterocycles. The zero-order valence-corrected chi connectivity index (χ0v) is 10.6. The van der Waals surface area contributed by atoms with Crippen LogP contribution < -0.4 is 0 Å². The molecule has 0 bridgehead atoms. The Morgan fingerprint density at radius 3 is 3.12 bits per heavy atom. The summed E-state index contributed by atoms with van der Waals surface area (Å²) in [6.45, 7) is 0.746. The molecule has 0 aliphatic carbocycles.